The Morgan fingerprint density at radius 3 is 1.00 bits per heavy atom. The quantitative estimate of drug-likeness (QED) is 0.538. The lowest BCUT2D eigenvalue weighted by Gasteiger charge is -2.22. The summed E-state index contributed by atoms with van der Waals surface area (Å²) in [6.45, 7) is 0. The molecule has 0 aromatic carbocycles. The van der Waals surface area contributed by atoms with Gasteiger partial charge in [0.25, 0.3) is 0 Å². The summed E-state index contributed by atoms with van der Waals surface area (Å²) in [7, 11) is 0. The highest BCUT2D eigenvalue weighted by Crippen LogP contribution is 2.40. The van der Waals surface area contributed by atoms with Gasteiger partial charge in [0, 0.05) is 0 Å². The predicted molar refractivity (Wildman–Crippen MR) is 40.9 cm³/mol. The monoisotopic (exact) mass is 266 g/mol. The highest BCUT2D eigenvalue weighted by molar-refractivity contribution is 6.38. The van der Waals surface area contributed by atoms with E-state index < -0.39 is 21.5 Å². The van der Waals surface area contributed by atoms with Gasteiger partial charge < -0.3 is 0 Å². The fourth-order valence-corrected chi connectivity index (χ4v) is 1.03. The molecule has 8 heteroatoms. The molecule has 0 radical (unpaired) electrons. The van der Waals surface area contributed by atoms with Crippen LogP contribution in [-0.2, 0) is 0 Å². The van der Waals surface area contributed by atoms with Crippen LogP contribution in [0.3, 0.4) is 0 Å². The van der Waals surface area contributed by atoms with Gasteiger partial charge in [0.05, 0.1) is 0 Å². The van der Waals surface area contributed by atoms with Crippen molar-refractivity contribution in [2.24, 2.45) is 0 Å². The zero-order valence-corrected chi connectivity index (χ0v) is 8.20. The van der Waals surface area contributed by atoms with Gasteiger partial charge in [-0.05, 0) is 23.2 Å². The van der Waals surface area contributed by atoms with Crippen LogP contribution >= 0.6 is 46.4 Å². The van der Waals surface area contributed by atoms with E-state index in [9.17, 15) is 17.6 Å². The van der Waals surface area contributed by atoms with Crippen molar-refractivity contribution in [1.82, 2.24) is 0 Å². The van der Waals surface area contributed by atoms with Crippen molar-refractivity contribution in [3.8, 4) is 0 Å². The molecule has 12 heavy (non-hydrogen) atoms. The Kier molecular flexibility index (Phi) is 4.23. The Balaban J connectivity index is 4.41. The van der Waals surface area contributed by atoms with Gasteiger partial charge in [0.15, 0.2) is 0 Å². The summed E-state index contributed by atoms with van der Waals surface area (Å²) in [5.41, 5.74) is 0. The van der Waals surface area contributed by atoms with Crippen LogP contribution in [0.1, 0.15) is 0 Å². The first kappa shape index (κ1) is 12.9. The Bertz CT molecular complexity index is 132. The molecule has 0 aliphatic heterocycles. The van der Waals surface area contributed by atoms with E-state index in [0.717, 1.165) is 0 Å². The third kappa shape index (κ3) is 3.73. The van der Waals surface area contributed by atoms with E-state index >= 15 is 0 Å². The lowest BCUT2D eigenvalue weighted by molar-refractivity contribution is 0.0371. The largest absolute Gasteiger partial charge is 0.339 e. The highest BCUT2D eigenvalue weighted by atomic mass is 35.5. The Morgan fingerprint density at radius 1 is 0.750 bits per heavy atom. The number of hydrogen-bond donors (Lipinski definition) is 0. The second kappa shape index (κ2) is 3.95. The summed E-state index contributed by atoms with van der Waals surface area (Å²) in [6.07, 6.45) is 0. The molecule has 0 aliphatic rings. The fourth-order valence-electron chi connectivity index (χ4n) is 0.332. The maximum absolute atomic E-state index is 12.1. The molecule has 0 N–H and O–H groups in total. The van der Waals surface area contributed by atoms with E-state index in [4.69, 9.17) is 23.2 Å². The second-order valence-electron chi connectivity index (χ2n) is 1.89. The maximum atomic E-state index is 12.1. The SMILES string of the molecule is FC(F)(Cl)C(Cl)C(Cl)C(F)(F)Cl. The van der Waals surface area contributed by atoms with E-state index in [1.807, 2.05) is 0 Å². The van der Waals surface area contributed by atoms with Crippen molar-refractivity contribution >= 4 is 46.4 Å². The molecule has 0 saturated heterocycles. The van der Waals surface area contributed by atoms with E-state index in [0.29, 0.717) is 0 Å². The molecule has 2 unspecified atom stereocenters. The van der Waals surface area contributed by atoms with Gasteiger partial charge in [-0.3, -0.25) is 0 Å². The third-order valence-electron chi connectivity index (χ3n) is 0.882. The molecule has 0 amide bonds. The highest BCUT2D eigenvalue weighted by Gasteiger charge is 2.50. The summed E-state index contributed by atoms with van der Waals surface area (Å²) in [6, 6.07) is 0. The lowest BCUT2D eigenvalue weighted by Crippen LogP contribution is -2.39. The molecule has 0 fully saturated rings. The molecule has 0 bridgehead atoms. The molecule has 0 saturated carbocycles. The van der Waals surface area contributed by atoms with Crippen LogP contribution in [-0.4, -0.2) is 21.5 Å². The van der Waals surface area contributed by atoms with Gasteiger partial charge in [-0.15, -0.1) is 23.2 Å². The number of alkyl halides is 8. The molecule has 0 spiro atoms. The van der Waals surface area contributed by atoms with Crippen LogP contribution in [0, 0.1) is 0 Å². The molecule has 0 rings (SSSR count). The minimum Gasteiger partial charge on any atom is -0.186 e. The first-order valence-electron chi connectivity index (χ1n) is 2.48. The number of halogens is 8. The third-order valence-corrected chi connectivity index (χ3v) is 2.76. The summed E-state index contributed by atoms with van der Waals surface area (Å²) >= 11 is 18.3. The van der Waals surface area contributed by atoms with Gasteiger partial charge in [-0.25, -0.2) is 0 Å². The smallest absolute Gasteiger partial charge is 0.186 e. The van der Waals surface area contributed by atoms with Gasteiger partial charge in [-0.1, -0.05) is 0 Å². The molecule has 0 heterocycles. The summed E-state index contributed by atoms with van der Waals surface area (Å²) in [5.74, 6) is 0. The van der Waals surface area contributed by atoms with Crippen LogP contribution in [0.15, 0.2) is 0 Å². The zero-order valence-electron chi connectivity index (χ0n) is 5.18. The van der Waals surface area contributed by atoms with Crippen LogP contribution < -0.4 is 0 Å². The van der Waals surface area contributed by atoms with Gasteiger partial charge in [0.1, 0.15) is 10.8 Å². The molecular formula is C4H2Cl4F4. The van der Waals surface area contributed by atoms with Gasteiger partial charge in [-0.2, -0.15) is 17.6 Å². The standard InChI is InChI=1S/C4H2Cl4F4/c5-1(3(7,9)10)2(6)4(8,11)12/h1-2H. The first-order chi connectivity index (χ1) is 5.07. The summed E-state index contributed by atoms with van der Waals surface area (Å²) in [5, 5.41) is -12.9. The van der Waals surface area contributed by atoms with Crippen molar-refractivity contribution in [3.05, 3.63) is 0 Å². The normalized spacial score (nSPS) is 19.0. The Morgan fingerprint density at radius 2 is 0.917 bits per heavy atom. The average molecular weight is 268 g/mol. The summed E-state index contributed by atoms with van der Waals surface area (Å²) in [4.78, 5) is 0. The molecular weight excluding hydrogens is 266 g/mol. The second-order valence-corrected chi connectivity index (χ2v) is 3.84. The maximum Gasteiger partial charge on any atom is 0.339 e. The van der Waals surface area contributed by atoms with E-state index in [-0.39, 0.29) is 0 Å². The van der Waals surface area contributed by atoms with E-state index in [1.54, 1.807) is 0 Å². The van der Waals surface area contributed by atoms with Crippen LogP contribution in [0.5, 0.6) is 0 Å². The van der Waals surface area contributed by atoms with Crippen molar-refractivity contribution in [1.29, 1.82) is 0 Å². The molecule has 0 aromatic heterocycles. The lowest BCUT2D eigenvalue weighted by atomic mass is 10.3. The minimum absolute atomic E-state index is 2.44. The Labute approximate surface area is 85.7 Å². The molecule has 2 atom stereocenters. The van der Waals surface area contributed by atoms with Gasteiger partial charge >= 0.3 is 10.8 Å². The molecule has 0 aliphatic carbocycles. The van der Waals surface area contributed by atoms with E-state index in [2.05, 4.69) is 23.2 Å². The zero-order chi connectivity index (χ0) is 10.2. The van der Waals surface area contributed by atoms with Crippen molar-refractivity contribution < 1.29 is 17.6 Å². The minimum atomic E-state index is -4.02. The molecule has 0 nitrogen and oxygen atoms in total. The summed E-state index contributed by atoms with van der Waals surface area (Å²) < 4.78 is 48.2. The molecule has 74 valence electrons. The van der Waals surface area contributed by atoms with Gasteiger partial charge in [0.2, 0.25) is 0 Å². The van der Waals surface area contributed by atoms with Crippen LogP contribution in [0.2, 0.25) is 0 Å². The van der Waals surface area contributed by atoms with Crippen LogP contribution in [0.25, 0.3) is 0 Å². The Hall–Kier alpha value is 0.880. The van der Waals surface area contributed by atoms with E-state index in [1.165, 1.54) is 0 Å². The first-order valence-corrected chi connectivity index (χ1v) is 4.11. The fraction of sp³-hybridized carbons (Fsp3) is 1.00. The average Bonchev–Trinajstić information content (AvgIpc) is 1.80. The number of rotatable bonds is 3. The number of hydrogen-bond acceptors (Lipinski definition) is 0. The molecule has 0 aromatic rings. The van der Waals surface area contributed by atoms with Crippen molar-refractivity contribution in [2.75, 3.05) is 0 Å². The van der Waals surface area contributed by atoms with Crippen LogP contribution in [0.4, 0.5) is 17.6 Å². The predicted octanol–water partition coefficient (Wildman–Crippen LogP) is 3.86. The topological polar surface area (TPSA) is 0 Å². The van der Waals surface area contributed by atoms with Crippen molar-refractivity contribution in [3.63, 3.8) is 0 Å². The van der Waals surface area contributed by atoms with Crippen molar-refractivity contribution in [2.45, 2.75) is 21.5 Å².